The van der Waals surface area contributed by atoms with Gasteiger partial charge in [-0.25, -0.2) is 0 Å². The van der Waals surface area contributed by atoms with Crippen molar-refractivity contribution in [1.82, 2.24) is 4.98 Å². The Morgan fingerprint density at radius 2 is 1.72 bits per heavy atom. The maximum atomic E-state index is 9.32. The van der Waals surface area contributed by atoms with E-state index in [4.69, 9.17) is 40.5 Å². The lowest BCUT2D eigenvalue weighted by atomic mass is 10.1. The van der Waals surface area contributed by atoms with Gasteiger partial charge in [0.1, 0.15) is 0 Å². The van der Waals surface area contributed by atoms with Gasteiger partial charge in [0.15, 0.2) is 0 Å². The molecule has 2 rings (SSSR count). The zero-order valence-electron chi connectivity index (χ0n) is 9.12. The number of aliphatic hydroxyl groups excluding tert-OH is 1. The Morgan fingerprint density at radius 3 is 2.39 bits per heavy atom. The van der Waals surface area contributed by atoms with Crippen LogP contribution in [-0.2, 0) is 6.61 Å². The molecule has 0 spiro atoms. The van der Waals surface area contributed by atoms with Crippen LogP contribution in [0, 0.1) is 0 Å². The van der Waals surface area contributed by atoms with E-state index >= 15 is 0 Å². The third-order valence-corrected chi connectivity index (χ3v) is 3.46. The normalized spacial score (nSPS) is 10.7. The summed E-state index contributed by atoms with van der Waals surface area (Å²) < 4.78 is 0. The quantitative estimate of drug-likeness (QED) is 0.830. The Morgan fingerprint density at radius 1 is 1.06 bits per heavy atom. The van der Waals surface area contributed by atoms with Crippen LogP contribution in [0.2, 0.25) is 15.1 Å². The van der Waals surface area contributed by atoms with Crippen molar-refractivity contribution >= 4 is 40.5 Å². The van der Waals surface area contributed by atoms with Crippen LogP contribution in [0.15, 0.2) is 24.4 Å². The van der Waals surface area contributed by atoms with Crippen molar-refractivity contribution < 1.29 is 5.11 Å². The van der Waals surface area contributed by atoms with Gasteiger partial charge in [-0.15, -0.1) is 0 Å². The first-order valence-electron chi connectivity index (χ1n) is 5.03. The zero-order valence-corrected chi connectivity index (χ0v) is 11.4. The number of aliphatic hydroxyl groups is 1. The largest absolute Gasteiger partial charge is 0.397 e. The third-order valence-electron chi connectivity index (χ3n) is 2.42. The molecule has 1 aromatic carbocycles. The average molecular weight is 304 g/mol. The first kappa shape index (κ1) is 13.4. The Bertz CT molecular complexity index is 602. The second kappa shape index (κ2) is 5.33. The van der Waals surface area contributed by atoms with Gasteiger partial charge in [0, 0.05) is 11.1 Å². The Kier molecular flexibility index (Phi) is 3.97. The maximum absolute atomic E-state index is 9.32. The molecular weight excluding hydrogens is 295 g/mol. The highest BCUT2D eigenvalue weighted by Crippen LogP contribution is 2.36. The molecule has 6 heteroatoms. The molecule has 0 aliphatic rings. The summed E-state index contributed by atoms with van der Waals surface area (Å²) in [5.41, 5.74) is 7.81. The van der Waals surface area contributed by atoms with E-state index < -0.39 is 0 Å². The Labute approximate surface area is 119 Å². The maximum Gasteiger partial charge on any atom is 0.0774 e. The van der Waals surface area contributed by atoms with Gasteiger partial charge in [-0.2, -0.15) is 0 Å². The lowest BCUT2D eigenvalue weighted by Gasteiger charge is -2.10. The van der Waals surface area contributed by atoms with Crippen molar-refractivity contribution in [3.8, 4) is 11.3 Å². The highest BCUT2D eigenvalue weighted by Gasteiger charge is 2.13. The smallest absolute Gasteiger partial charge is 0.0774 e. The molecule has 0 unspecified atom stereocenters. The fourth-order valence-corrected chi connectivity index (χ4v) is 2.23. The summed E-state index contributed by atoms with van der Waals surface area (Å²) in [6, 6.07) is 4.80. The van der Waals surface area contributed by atoms with E-state index in [1.807, 2.05) is 0 Å². The van der Waals surface area contributed by atoms with Crippen LogP contribution in [0.3, 0.4) is 0 Å². The van der Waals surface area contributed by atoms with Gasteiger partial charge in [-0.1, -0.05) is 34.8 Å². The molecule has 0 aliphatic carbocycles. The predicted molar refractivity (Wildman–Crippen MR) is 75.0 cm³/mol. The van der Waals surface area contributed by atoms with Crippen molar-refractivity contribution in [3.63, 3.8) is 0 Å². The summed E-state index contributed by atoms with van der Waals surface area (Å²) in [5, 5.41) is 10.5. The van der Waals surface area contributed by atoms with Crippen molar-refractivity contribution in [1.29, 1.82) is 0 Å². The number of nitrogens with zero attached hydrogens (tertiary/aromatic N) is 1. The summed E-state index contributed by atoms with van der Waals surface area (Å²) in [5.74, 6) is 0. The number of hydrogen-bond donors (Lipinski definition) is 2. The van der Waals surface area contributed by atoms with Gasteiger partial charge in [0.2, 0.25) is 0 Å². The van der Waals surface area contributed by atoms with Crippen molar-refractivity contribution in [2.45, 2.75) is 6.61 Å². The van der Waals surface area contributed by atoms with Gasteiger partial charge in [-0.05, 0) is 18.2 Å². The van der Waals surface area contributed by atoms with Crippen LogP contribution in [0.4, 0.5) is 5.69 Å². The molecule has 1 aromatic heterocycles. The first-order valence-corrected chi connectivity index (χ1v) is 6.16. The van der Waals surface area contributed by atoms with E-state index in [2.05, 4.69) is 4.98 Å². The van der Waals surface area contributed by atoms with Crippen LogP contribution in [0.1, 0.15) is 5.56 Å². The molecular formula is C12H9Cl3N2O. The molecule has 18 heavy (non-hydrogen) atoms. The van der Waals surface area contributed by atoms with Crippen molar-refractivity contribution in [2.24, 2.45) is 0 Å². The summed E-state index contributed by atoms with van der Waals surface area (Å²) in [6.07, 6.45) is 1.49. The minimum absolute atomic E-state index is 0.191. The zero-order chi connectivity index (χ0) is 13.3. The van der Waals surface area contributed by atoms with Crippen molar-refractivity contribution in [3.05, 3.63) is 45.0 Å². The van der Waals surface area contributed by atoms with E-state index in [1.54, 1.807) is 18.2 Å². The molecule has 0 aliphatic heterocycles. The number of anilines is 1. The minimum Gasteiger partial charge on any atom is -0.397 e. The molecule has 0 saturated heterocycles. The summed E-state index contributed by atoms with van der Waals surface area (Å²) in [6.45, 7) is -0.191. The molecule has 0 atom stereocenters. The van der Waals surface area contributed by atoms with Crippen LogP contribution in [0.5, 0.6) is 0 Å². The van der Waals surface area contributed by atoms with Gasteiger partial charge in [0.05, 0.1) is 39.3 Å². The van der Waals surface area contributed by atoms with Gasteiger partial charge >= 0.3 is 0 Å². The van der Waals surface area contributed by atoms with E-state index in [9.17, 15) is 5.11 Å². The Balaban J connectivity index is 2.65. The van der Waals surface area contributed by atoms with Crippen LogP contribution in [0.25, 0.3) is 11.3 Å². The molecule has 94 valence electrons. The number of nitrogens with two attached hydrogens (primary N) is 1. The number of halogens is 3. The summed E-state index contributed by atoms with van der Waals surface area (Å²) >= 11 is 17.9. The van der Waals surface area contributed by atoms with Gasteiger partial charge in [0.25, 0.3) is 0 Å². The summed E-state index contributed by atoms with van der Waals surface area (Å²) in [7, 11) is 0. The van der Waals surface area contributed by atoms with Gasteiger partial charge < -0.3 is 10.8 Å². The molecule has 0 amide bonds. The highest BCUT2D eigenvalue weighted by atomic mass is 35.5. The average Bonchev–Trinajstić information content (AvgIpc) is 2.34. The van der Waals surface area contributed by atoms with E-state index in [-0.39, 0.29) is 6.61 Å². The standard InChI is InChI=1S/C12H9Cl3N2O/c13-9-3-11(15)10(14)2-8(9)12-6(5-18)1-7(16)4-17-12/h1-4,18H,5,16H2. The second-order valence-corrected chi connectivity index (χ2v) is 4.90. The van der Waals surface area contributed by atoms with E-state index in [0.717, 1.165) is 0 Å². The predicted octanol–water partition coefficient (Wildman–Crippen LogP) is 3.78. The third kappa shape index (κ3) is 2.54. The highest BCUT2D eigenvalue weighted by molar-refractivity contribution is 6.44. The molecule has 0 bridgehead atoms. The topological polar surface area (TPSA) is 59.1 Å². The molecule has 0 fully saturated rings. The molecule has 2 aromatic rings. The van der Waals surface area contributed by atoms with Crippen LogP contribution >= 0.6 is 34.8 Å². The van der Waals surface area contributed by atoms with E-state index in [0.29, 0.717) is 37.6 Å². The lowest BCUT2D eigenvalue weighted by Crippen LogP contribution is -1.97. The Hall–Kier alpha value is -1.00. The first-order chi connectivity index (χ1) is 8.52. The summed E-state index contributed by atoms with van der Waals surface area (Å²) in [4.78, 5) is 4.18. The molecule has 3 nitrogen and oxygen atoms in total. The number of nitrogen functional groups attached to an aromatic ring is 1. The van der Waals surface area contributed by atoms with Crippen LogP contribution < -0.4 is 5.73 Å². The van der Waals surface area contributed by atoms with Crippen LogP contribution in [-0.4, -0.2) is 10.1 Å². The fourth-order valence-electron chi connectivity index (χ4n) is 1.60. The number of rotatable bonds is 2. The van der Waals surface area contributed by atoms with Gasteiger partial charge in [-0.3, -0.25) is 4.98 Å². The van der Waals surface area contributed by atoms with Crippen molar-refractivity contribution in [2.75, 3.05) is 5.73 Å². The fraction of sp³-hybridized carbons (Fsp3) is 0.0833. The number of benzene rings is 1. The molecule has 0 saturated carbocycles. The number of pyridine rings is 1. The molecule has 1 heterocycles. The molecule has 0 radical (unpaired) electrons. The molecule has 3 N–H and O–H groups in total. The lowest BCUT2D eigenvalue weighted by molar-refractivity contribution is 0.282. The minimum atomic E-state index is -0.191. The van der Waals surface area contributed by atoms with E-state index in [1.165, 1.54) is 6.20 Å². The SMILES string of the molecule is Nc1cnc(-c2cc(Cl)c(Cl)cc2Cl)c(CO)c1. The second-order valence-electron chi connectivity index (χ2n) is 3.68. The number of aromatic nitrogens is 1. The monoisotopic (exact) mass is 302 g/mol. The number of hydrogen-bond acceptors (Lipinski definition) is 3.